The van der Waals surface area contributed by atoms with Crippen LogP contribution in [0, 0.1) is 0 Å². The Balaban J connectivity index is 2.09. The molecule has 0 heterocycles. The van der Waals surface area contributed by atoms with E-state index >= 15 is 0 Å². The minimum Gasteiger partial charge on any atom is -0.427 e. The molecule has 0 aliphatic rings. The van der Waals surface area contributed by atoms with Gasteiger partial charge in [0.2, 0.25) is 0 Å². The molecule has 0 aromatic heterocycles. The molecule has 2 rings (SSSR count). The van der Waals surface area contributed by atoms with E-state index in [1.54, 1.807) is 0 Å². The third kappa shape index (κ3) is 3.20. The summed E-state index contributed by atoms with van der Waals surface area (Å²) in [7, 11) is 0. The van der Waals surface area contributed by atoms with Crippen LogP contribution in [0.5, 0.6) is 5.75 Å². The Labute approximate surface area is 107 Å². The average molecular weight is 240 g/mol. The van der Waals surface area contributed by atoms with Crippen LogP contribution >= 0.6 is 0 Å². The fourth-order valence-corrected chi connectivity index (χ4v) is 1.73. The van der Waals surface area contributed by atoms with Crippen molar-refractivity contribution in [3.8, 4) is 16.9 Å². The number of rotatable bonds is 4. The van der Waals surface area contributed by atoms with E-state index in [4.69, 9.17) is 4.74 Å². The molecule has 0 N–H and O–H groups in total. The summed E-state index contributed by atoms with van der Waals surface area (Å²) in [6.07, 6.45) is 1.27. The Bertz CT molecular complexity index is 500. The topological polar surface area (TPSA) is 26.3 Å². The highest BCUT2D eigenvalue weighted by Gasteiger charge is 2.03. The Morgan fingerprint density at radius 2 is 1.56 bits per heavy atom. The highest BCUT2D eigenvalue weighted by Crippen LogP contribution is 2.22. The van der Waals surface area contributed by atoms with Gasteiger partial charge in [-0.05, 0) is 29.7 Å². The summed E-state index contributed by atoms with van der Waals surface area (Å²) in [4.78, 5) is 11.3. The summed E-state index contributed by atoms with van der Waals surface area (Å²) in [5.41, 5.74) is 2.27. The van der Waals surface area contributed by atoms with Crippen molar-refractivity contribution in [1.82, 2.24) is 0 Å². The van der Waals surface area contributed by atoms with Crippen molar-refractivity contribution in [3.63, 3.8) is 0 Å². The first-order chi connectivity index (χ1) is 8.79. The van der Waals surface area contributed by atoms with Crippen LogP contribution in [0.1, 0.15) is 19.8 Å². The van der Waals surface area contributed by atoms with Crippen LogP contribution in [0.3, 0.4) is 0 Å². The predicted molar refractivity (Wildman–Crippen MR) is 72.4 cm³/mol. The number of benzene rings is 2. The first kappa shape index (κ1) is 12.4. The van der Waals surface area contributed by atoms with Gasteiger partial charge in [-0.15, -0.1) is 0 Å². The van der Waals surface area contributed by atoms with E-state index in [-0.39, 0.29) is 5.97 Å². The lowest BCUT2D eigenvalue weighted by atomic mass is 10.1. The minimum absolute atomic E-state index is 0.176. The number of carbonyl (C=O) groups excluding carboxylic acids is 1. The van der Waals surface area contributed by atoms with E-state index in [9.17, 15) is 4.79 Å². The number of hydrogen-bond acceptors (Lipinski definition) is 2. The molecule has 0 amide bonds. The molecule has 0 atom stereocenters. The molecule has 0 aliphatic carbocycles. The van der Waals surface area contributed by atoms with Gasteiger partial charge in [0.25, 0.3) is 0 Å². The second kappa shape index (κ2) is 6.01. The molecule has 0 bridgehead atoms. The molecule has 18 heavy (non-hydrogen) atoms. The van der Waals surface area contributed by atoms with E-state index in [2.05, 4.69) is 12.1 Å². The van der Waals surface area contributed by atoms with Crippen molar-refractivity contribution in [2.75, 3.05) is 0 Å². The maximum absolute atomic E-state index is 11.3. The Kier molecular flexibility index (Phi) is 4.13. The largest absolute Gasteiger partial charge is 0.427 e. The van der Waals surface area contributed by atoms with Gasteiger partial charge < -0.3 is 4.74 Å². The number of ether oxygens (including phenoxy) is 1. The number of hydrogen-bond donors (Lipinski definition) is 0. The van der Waals surface area contributed by atoms with Gasteiger partial charge >= 0.3 is 5.97 Å². The number of esters is 1. The molecule has 0 saturated carbocycles. The highest BCUT2D eigenvalue weighted by atomic mass is 16.5. The summed E-state index contributed by atoms with van der Waals surface area (Å²) in [6.45, 7) is 1.96. The molecule has 2 nitrogen and oxygen atoms in total. The van der Waals surface area contributed by atoms with E-state index in [0.29, 0.717) is 12.2 Å². The zero-order valence-corrected chi connectivity index (χ0v) is 10.4. The molecule has 0 saturated heterocycles. The molecule has 0 radical (unpaired) electrons. The quantitative estimate of drug-likeness (QED) is 0.595. The summed E-state index contributed by atoms with van der Waals surface area (Å²) in [5.74, 6) is 0.429. The maximum Gasteiger partial charge on any atom is 0.311 e. The van der Waals surface area contributed by atoms with Crippen molar-refractivity contribution in [3.05, 3.63) is 54.6 Å². The third-order valence-corrected chi connectivity index (χ3v) is 2.65. The Morgan fingerprint density at radius 3 is 2.17 bits per heavy atom. The molecule has 0 spiro atoms. The smallest absolute Gasteiger partial charge is 0.311 e. The molecular weight excluding hydrogens is 224 g/mol. The van der Waals surface area contributed by atoms with Gasteiger partial charge in [0.1, 0.15) is 5.75 Å². The van der Waals surface area contributed by atoms with Crippen LogP contribution < -0.4 is 4.74 Å². The average Bonchev–Trinajstić information content (AvgIpc) is 2.41. The lowest BCUT2D eigenvalue weighted by Crippen LogP contribution is -2.06. The molecule has 92 valence electrons. The first-order valence-corrected chi connectivity index (χ1v) is 6.16. The maximum atomic E-state index is 11.3. The third-order valence-electron chi connectivity index (χ3n) is 2.65. The van der Waals surface area contributed by atoms with E-state index in [1.165, 1.54) is 0 Å². The van der Waals surface area contributed by atoms with Gasteiger partial charge in [-0.1, -0.05) is 49.4 Å². The van der Waals surface area contributed by atoms with Crippen LogP contribution in [-0.2, 0) is 4.79 Å². The summed E-state index contributed by atoms with van der Waals surface area (Å²) < 4.78 is 5.21. The normalized spacial score (nSPS) is 10.1. The molecule has 2 aromatic carbocycles. The highest BCUT2D eigenvalue weighted by molar-refractivity contribution is 5.72. The monoisotopic (exact) mass is 240 g/mol. The standard InChI is InChI=1S/C16H16O2/c1-2-6-16(17)18-15-11-9-14(10-12-15)13-7-4-3-5-8-13/h3-5,7-12H,2,6H2,1H3. The van der Waals surface area contributed by atoms with Gasteiger partial charge in [-0.3, -0.25) is 4.79 Å². The summed E-state index contributed by atoms with van der Waals surface area (Å²) in [5, 5.41) is 0. The number of carbonyl (C=O) groups is 1. The lowest BCUT2D eigenvalue weighted by molar-refractivity contribution is -0.134. The van der Waals surface area contributed by atoms with E-state index in [0.717, 1.165) is 17.5 Å². The van der Waals surface area contributed by atoms with E-state index in [1.807, 2.05) is 49.4 Å². The molecule has 0 fully saturated rings. The summed E-state index contributed by atoms with van der Waals surface area (Å²) in [6, 6.07) is 17.7. The Morgan fingerprint density at radius 1 is 0.944 bits per heavy atom. The second-order valence-electron chi connectivity index (χ2n) is 4.11. The van der Waals surface area contributed by atoms with Gasteiger partial charge in [0.05, 0.1) is 0 Å². The molecule has 0 unspecified atom stereocenters. The molecule has 2 aromatic rings. The zero-order chi connectivity index (χ0) is 12.8. The van der Waals surface area contributed by atoms with Crippen molar-refractivity contribution < 1.29 is 9.53 Å². The molecule has 2 heteroatoms. The zero-order valence-electron chi connectivity index (χ0n) is 10.4. The molecule has 0 aliphatic heterocycles. The van der Waals surface area contributed by atoms with Crippen LogP contribution in [0.2, 0.25) is 0 Å². The van der Waals surface area contributed by atoms with Crippen molar-refractivity contribution in [2.45, 2.75) is 19.8 Å². The lowest BCUT2D eigenvalue weighted by Gasteiger charge is -2.05. The van der Waals surface area contributed by atoms with E-state index < -0.39 is 0 Å². The molecular formula is C16H16O2. The van der Waals surface area contributed by atoms with Crippen LogP contribution in [0.4, 0.5) is 0 Å². The van der Waals surface area contributed by atoms with Crippen molar-refractivity contribution >= 4 is 5.97 Å². The Hall–Kier alpha value is -2.09. The fourth-order valence-electron chi connectivity index (χ4n) is 1.73. The van der Waals surface area contributed by atoms with Gasteiger partial charge in [-0.25, -0.2) is 0 Å². The van der Waals surface area contributed by atoms with Gasteiger partial charge in [-0.2, -0.15) is 0 Å². The fraction of sp³-hybridized carbons (Fsp3) is 0.188. The SMILES string of the molecule is CCCC(=O)Oc1ccc(-c2ccccc2)cc1. The summed E-state index contributed by atoms with van der Waals surface area (Å²) >= 11 is 0. The minimum atomic E-state index is -0.176. The van der Waals surface area contributed by atoms with Gasteiger partial charge in [0, 0.05) is 6.42 Å². The predicted octanol–water partition coefficient (Wildman–Crippen LogP) is 4.06. The van der Waals surface area contributed by atoms with Crippen molar-refractivity contribution in [1.29, 1.82) is 0 Å². The van der Waals surface area contributed by atoms with Crippen LogP contribution in [0.25, 0.3) is 11.1 Å². The van der Waals surface area contributed by atoms with Crippen LogP contribution in [0.15, 0.2) is 54.6 Å². The second-order valence-corrected chi connectivity index (χ2v) is 4.11. The van der Waals surface area contributed by atoms with Crippen LogP contribution in [-0.4, -0.2) is 5.97 Å². The first-order valence-electron chi connectivity index (χ1n) is 6.16. The van der Waals surface area contributed by atoms with Crippen molar-refractivity contribution in [2.24, 2.45) is 0 Å². The van der Waals surface area contributed by atoms with Gasteiger partial charge in [0.15, 0.2) is 0 Å².